The van der Waals surface area contributed by atoms with Crippen molar-refractivity contribution in [3.63, 3.8) is 0 Å². The highest BCUT2D eigenvalue weighted by Crippen LogP contribution is 2.42. The van der Waals surface area contributed by atoms with E-state index < -0.39 is 5.60 Å². The molecule has 150 valence electrons. The van der Waals surface area contributed by atoms with Crippen LogP contribution in [-0.4, -0.2) is 73.5 Å². The van der Waals surface area contributed by atoms with Crippen molar-refractivity contribution in [1.82, 2.24) is 15.5 Å². The van der Waals surface area contributed by atoms with Gasteiger partial charge in [0.05, 0.1) is 25.4 Å². The fourth-order valence-electron chi connectivity index (χ4n) is 3.74. The fraction of sp³-hybridized carbons (Fsp3) is 0.667. The molecular formula is C21H34N4O2. The van der Waals surface area contributed by atoms with E-state index in [1.165, 1.54) is 11.1 Å². The Balaban J connectivity index is 1.54. The number of aliphatic hydroxyl groups is 1. The van der Waals surface area contributed by atoms with Gasteiger partial charge in [-0.1, -0.05) is 24.3 Å². The Labute approximate surface area is 163 Å². The maximum absolute atomic E-state index is 10.8. The standard InChI is InChI=1S/C21H34N4O2/c1-4-22-20(23-14-21(3,26)15-25-9-11-27-12-10-25)24-19-13-18(19)17-8-6-5-7-16(17)2/h5-8,18-19,26H,4,9-15H2,1-3H3,(H2,22,23,24). The van der Waals surface area contributed by atoms with E-state index in [9.17, 15) is 5.11 Å². The van der Waals surface area contributed by atoms with Crippen LogP contribution >= 0.6 is 0 Å². The molecule has 0 spiro atoms. The van der Waals surface area contributed by atoms with E-state index in [0.717, 1.165) is 45.2 Å². The second kappa shape index (κ2) is 9.04. The normalized spacial score (nSPS) is 25.7. The van der Waals surface area contributed by atoms with Crippen molar-refractivity contribution in [3.05, 3.63) is 35.4 Å². The molecule has 2 fully saturated rings. The summed E-state index contributed by atoms with van der Waals surface area (Å²) in [5.74, 6) is 1.34. The number of hydrogen-bond donors (Lipinski definition) is 3. The molecule has 3 rings (SSSR count). The molecule has 27 heavy (non-hydrogen) atoms. The molecule has 0 bridgehead atoms. The van der Waals surface area contributed by atoms with Crippen molar-refractivity contribution in [2.24, 2.45) is 4.99 Å². The van der Waals surface area contributed by atoms with Crippen LogP contribution in [-0.2, 0) is 4.74 Å². The van der Waals surface area contributed by atoms with Crippen molar-refractivity contribution < 1.29 is 9.84 Å². The van der Waals surface area contributed by atoms with Crippen LogP contribution < -0.4 is 10.6 Å². The lowest BCUT2D eigenvalue weighted by Gasteiger charge is -2.33. The van der Waals surface area contributed by atoms with Crippen LogP contribution in [0.5, 0.6) is 0 Å². The van der Waals surface area contributed by atoms with E-state index in [1.807, 2.05) is 6.92 Å². The number of nitrogens with zero attached hydrogens (tertiary/aromatic N) is 2. The summed E-state index contributed by atoms with van der Waals surface area (Å²) in [5, 5.41) is 17.6. The van der Waals surface area contributed by atoms with E-state index in [4.69, 9.17) is 4.74 Å². The number of ether oxygens (including phenoxy) is 1. The number of morpholine rings is 1. The number of β-amino-alcohol motifs (C(OH)–C–C–N with tert-alkyl or cyclic N) is 1. The van der Waals surface area contributed by atoms with Gasteiger partial charge < -0.3 is 20.5 Å². The molecular weight excluding hydrogens is 340 g/mol. The summed E-state index contributed by atoms with van der Waals surface area (Å²) in [4.78, 5) is 6.91. The quantitative estimate of drug-likeness (QED) is 0.498. The van der Waals surface area contributed by atoms with Crippen LogP contribution in [0, 0.1) is 6.92 Å². The molecule has 1 saturated carbocycles. The van der Waals surface area contributed by atoms with E-state index in [1.54, 1.807) is 0 Å². The van der Waals surface area contributed by atoms with Crippen molar-refractivity contribution in [1.29, 1.82) is 0 Å². The monoisotopic (exact) mass is 374 g/mol. The van der Waals surface area contributed by atoms with Gasteiger partial charge in [-0.15, -0.1) is 0 Å². The number of nitrogens with one attached hydrogen (secondary N) is 2. The third kappa shape index (κ3) is 5.92. The molecule has 0 amide bonds. The van der Waals surface area contributed by atoms with Crippen LogP contribution in [0.1, 0.15) is 37.3 Å². The minimum absolute atomic E-state index is 0.376. The number of hydrogen-bond acceptors (Lipinski definition) is 4. The fourth-order valence-corrected chi connectivity index (χ4v) is 3.74. The van der Waals surface area contributed by atoms with E-state index in [-0.39, 0.29) is 0 Å². The predicted molar refractivity (Wildman–Crippen MR) is 109 cm³/mol. The molecule has 0 radical (unpaired) electrons. The summed E-state index contributed by atoms with van der Waals surface area (Å²) >= 11 is 0. The molecule has 3 atom stereocenters. The lowest BCUT2D eigenvalue weighted by atomic mass is 10.0. The summed E-state index contributed by atoms with van der Waals surface area (Å²) in [6.07, 6.45) is 1.12. The van der Waals surface area contributed by atoms with E-state index in [2.05, 4.69) is 58.6 Å². The lowest BCUT2D eigenvalue weighted by Crippen LogP contribution is -2.48. The third-order valence-corrected chi connectivity index (χ3v) is 5.29. The average Bonchev–Trinajstić information content (AvgIpc) is 3.40. The molecule has 1 aliphatic heterocycles. The Morgan fingerprint density at radius 2 is 2.07 bits per heavy atom. The van der Waals surface area contributed by atoms with Crippen LogP contribution in [0.2, 0.25) is 0 Å². The third-order valence-electron chi connectivity index (χ3n) is 5.29. The van der Waals surface area contributed by atoms with Gasteiger partial charge in [0.15, 0.2) is 5.96 Å². The number of aryl methyl sites for hydroxylation is 1. The highest BCUT2D eigenvalue weighted by molar-refractivity contribution is 5.80. The first-order valence-electron chi connectivity index (χ1n) is 10.1. The summed E-state index contributed by atoms with van der Waals surface area (Å²) in [6.45, 7) is 11.1. The van der Waals surface area contributed by atoms with Crippen molar-refractivity contribution in [2.45, 2.75) is 44.8 Å². The maximum Gasteiger partial charge on any atom is 0.191 e. The number of rotatable bonds is 7. The SMILES string of the molecule is CCNC(=NCC(C)(O)CN1CCOCC1)NC1CC1c1ccccc1C. The Morgan fingerprint density at radius 1 is 1.33 bits per heavy atom. The smallest absolute Gasteiger partial charge is 0.191 e. The van der Waals surface area contributed by atoms with Crippen LogP contribution in [0.25, 0.3) is 0 Å². The molecule has 3 N–H and O–H groups in total. The largest absolute Gasteiger partial charge is 0.387 e. The molecule has 6 nitrogen and oxygen atoms in total. The number of benzene rings is 1. The van der Waals surface area contributed by atoms with E-state index >= 15 is 0 Å². The van der Waals surface area contributed by atoms with Gasteiger partial charge in [0.25, 0.3) is 0 Å². The van der Waals surface area contributed by atoms with Gasteiger partial charge in [-0.25, -0.2) is 0 Å². The topological polar surface area (TPSA) is 69.1 Å². The van der Waals surface area contributed by atoms with Crippen molar-refractivity contribution >= 4 is 5.96 Å². The molecule has 3 unspecified atom stereocenters. The Bertz CT molecular complexity index is 641. The molecule has 0 aromatic heterocycles. The zero-order valence-electron chi connectivity index (χ0n) is 16.9. The minimum atomic E-state index is -0.849. The lowest BCUT2D eigenvalue weighted by molar-refractivity contribution is -0.0180. The minimum Gasteiger partial charge on any atom is -0.387 e. The molecule has 2 aliphatic rings. The van der Waals surface area contributed by atoms with Gasteiger partial charge in [0.2, 0.25) is 0 Å². The van der Waals surface area contributed by atoms with Gasteiger partial charge in [-0.3, -0.25) is 9.89 Å². The van der Waals surface area contributed by atoms with Gasteiger partial charge in [-0.05, 0) is 38.3 Å². The van der Waals surface area contributed by atoms with Crippen LogP contribution in [0.3, 0.4) is 0 Å². The van der Waals surface area contributed by atoms with Gasteiger partial charge in [0.1, 0.15) is 0 Å². The summed E-state index contributed by atoms with van der Waals surface area (Å²) < 4.78 is 5.38. The molecule has 6 heteroatoms. The van der Waals surface area contributed by atoms with Crippen LogP contribution in [0.15, 0.2) is 29.3 Å². The zero-order chi connectivity index (χ0) is 19.3. The van der Waals surface area contributed by atoms with Gasteiger partial charge >= 0.3 is 0 Å². The maximum atomic E-state index is 10.8. The number of aliphatic imine (C=N–C) groups is 1. The summed E-state index contributed by atoms with van der Waals surface area (Å²) in [5.41, 5.74) is 1.92. The molecule has 1 aromatic rings. The first-order chi connectivity index (χ1) is 13.0. The summed E-state index contributed by atoms with van der Waals surface area (Å²) in [7, 11) is 0. The zero-order valence-corrected chi connectivity index (χ0v) is 16.9. The Hall–Kier alpha value is -1.63. The first kappa shape index (κ1) is 20.1. The molecule has 1 saturated heterocycles. The molecule has 1 aromatic carbocycles. The van der Waals surface area contributed by atoms with Gasteiger partial charge in [0, 0.05) is 38.1 Å². The summed E-state index contributed by atoms with van der Waals surface area (Å²) in [6, 6.07) is 9.00. The van der Waals surface area contributed by atoms with Crippen LogP contribution in [0.4, 0.5) is 0 Å². The Morgan fingerprint density at radius 3 is 2.78 bits per heavy atom. The second-order valence-electron chi connectivity index (χ2n) is 8.03. The highest BCUT2D eigenvalue weighted by Gasteiger charge is 2.39. The first-order valence-corrected chi connectivity index (χ1v) is 10.1. The predicted octanol–water partition coefficient (Wildman–Crippen LogP) is 1.49. The average molecular weight is 375 g/mol. The molecule has 1 aliphatic carbocycles. The Kier molecular flexibility index (Phi) is 6.73. The molecule has 1 heterocycles. The van der Waals surface area contributed by atoms with Gasteiger partial charge in [-0.2, -0.15) is 0 Å². The highest BCUT2D eigenvalue weighted by atomic mass is 16.5. The second-order valence-corrected chi connectivity index (χ2v) is 8.03. The number of guanidine groups is 1. The van der Waals surface area contributed by atoms with Crippen molar-refractivity contribution in [3.8, 4) is 0 Å². The van der Waals surface area contributed by atoms with E-state index in [0.29, 0.717) is 25.0 Å². The van der Waals surface area contributed by atoms with Crippen molar-refractivity contribution in [2.75, 3.05) is 45.9 Å².